The van der Waals surface area contributed by atoms with E-state index in [0.29, 0.717) is 6.42 Å². The third-order valence-corrected chi connectivity index (χ3v) is 4.55. The SMILES string of the molecule is CC1CSCCN1C(=O)C(N)Cc1ccc(O)cc1. The van der Waals surface area contributed by atoms with E-state index in [2.05, 4.69) is 6.92 Å². The van der Waals surface area contributed by atoms with Crippen LogP contribution in [0.5, 0.6) is 5.75 Å². The molecule has 2 atom stereocenters. The molecular weight excluding hydrogens is 260 g/mol. The number of rotatable bonds is 3. The van der Waals surface area contributed by atoms with E-state index >= 15 is 0 Å². The Kier molecular flexibility index (Phi) is 4.71. The molecule has 19 heavy (non-hydrogen) atoms. The van der Waals surface area contributed by atoms with Gasteiger partial charge in [0.25, 0.3) is 0 Å². The van der Waals surface area contributed by atoms with Crippen molar-refractivity contribution < 1.29 is 9.90 Å². The Balaban J connectivity index is 1.96. The Hall–Kier alpha value is -1.20. The molecule has 1 fully saturated rings. The summed E-state index contributed by atoms with van der Waals surface area (Å²) in [5.41, 5.74) is 6.99. The van der Waals surface area contributed by atoms with Crippen LogP contribution in [-0.2, 0) is 11.2 Å². The van der Waals surface area contributed by atoms with E-state index in [1.807, 2.05) is 16.7 Å². The smallest absolute Gasteiger partial charge is 0.240 e. The number of thioether (sulfide) groups is 1. The summed E-state index contributed by atoms with van der Waals surface area (Å²) in [5, 5.41) is 9.23. The number of aromatic hydroxyl groups is 1. The Morgan fingerprint density at radius 3 is 2.84 bits per heavy atom. The summed E-state index contributed by atoms with van der Waals surface area (Å²) in [6, 6.07) is 6.60. The molecule has 5 heteroatoms. The van der Waals surface area contributed by atoms with Crippen molar-refractivity contribution in [1.29, 1.82) is 0 Å². The zero-order valence-electron chi connectivity index (χ0n) is 11.1. The molecule has 1 heterocycles. The van der Waals surface area contributed by atoms with Gasteiger partial charge in [0.15, 0.2) is 0 Å². The largest absolute Gasteiger partial charge is 0.508 e. The lowest BCUT2D eigenvalue weighted by atomic mass is 10.0. The molecule has 4 nitrogen and oxygen atoms in total. The molecule has 1 amide bonds. The summed E-state index contributed by atoms with van der Waals surface area (Å²) < 4.78 is 0. The van der Waals surface area contributed by atoms with Crippen molar-refractivity contribution in [3.8, 4) is 5.75 Å². The van der Waals surface area contributed by atoms with E-state index in [0.717, 1.165) is 23.6 Å². The fourth-order valence-electron chi connectivity index (χ4n) is 2.24. The summed E-state index contributed by atoms with van der Waals surface area (Å²) in [4.78, 5) is 14.2. The first-order valence-electron chi connectivity index (χ1n) is 6.49. The van der Waals surface area contributed by atoms with E-state index in [1.54, 1.807) is 24.3 Å². The molecule has 1 aliphatic heterocycles. The van der Waals surface area contributed by atoms with E-state index < -0.39 is 6.04 Å². The maximum Gasteiger partial charge on any atom is 0.240 e. The molecule has 0 saturated carbocycles. The summed E-state index contributed by atoms with van der Waals surface area (Å²) in [5.74, 6) is 2.23. The number of nitrogens with two attached hydrogens (primary N) is 1. The number of amides is 1. The highest BCUT2D eigenvalue weighted by molar-refractivity contribution is 7.99. The molecule has 0 spiro atoms. The first-order chi connectivity index (χ1) is 9.08. The third-order valence-electron chi connectivity index (χ3n) is 3.36. The molecule has 0 bridgehead atoms. The number of nitrogens with zero attached hydrogens (tertiary/aromatic N) is 1. The molecule has 0 radical (unpaired) electrons. The maximum atomic E-state index is 12.3. The van der Waals surface area contributed by atoms with Crippen molar-refractivity contribution >= 4 is 17.7 Å². The van der Waals surface area contributed by atoms with Crippen LogP contribution in [0.4, 0.5) is 0 Å². The summed E-state index contributed by atoms with van der Waals surface area (Å²) >= 11 is 1.88. The second kappa shape index (κ2) is 6.30. The van der Waals surface area contributed by atoms with E-state index in [9.17, 15) is 9.90 Å². The highest BCUT2D eigenvalue weighted by atomic mass is 32.2. The second-order valence-corrected chi connectivity index (χ2v) is 6.08. The van der Waals surface area contributed by atoms with Gasteiger partial charge >= 0.3 is 0 Å². The number of carbonyl (C=O) groups is 1. The van der Waals surface area contributed by atoms with Crippen LogP contribution in [0.3, 0.4) is 0 Å². The standard InChI is InChI=1S/C14H20N2O2S/c1-10-9-19-7-6-16(10)14(18)13(15)8-11-2-4-12(17)5-3-11/h2-5,10,13,17H,6-9,15H2,1H3. The van der Waals surface area contributed by atoms with Crippen LogP contribution in [0.1, 0.15) is 12.5 Å². The lowest BCUT2D eigenvalue weighted by molar-refractivity contribution is -0.134. The van der Waals surface area contributed by atoms with Gasteiger partial charge in [-0.1, -0.05) is 12.1 Å². The van der Waals surface area contributed by atoms with Gasteiger partial charge < -0.3 is 15.7 Å². The van der Waals surface area contributed by atoms with Crippen LogP contribution in [0.25, 0.3) is 0 Å². The summed E-state index contributed by atoms with van der Waals surface area (Å²) in [7, 11) is 0. The minimum absolute atomic E-state index is 0.0286. The van der Waals surface area contributed by atoms with Gasteiger partial charge in [-0.2, -0.15) is 11.8 Å². The number of carbonyl (C=O) groups excluding carboxylic acids is 1. The molecule has 0 aromatic heterocycles. The highest BCUT2D eigenvalue weighted by Crippen LogP contribution is 2.18. The number of hydrogen-bond donors (Lipinski definition) is 2. The maximum absolute atomic E-state index is 12.3. The van der Waals surface area contributed by atoms with Crippen molar-refractivity contribution in [2.75, 3.05) is 18.1 Å². The molecule has 2 unspecified atom stereocenters. The quantitative estimate of drug-likeness (QED) is 0.874. The van der Waals surface area contributed by atoms with Crippen molar-refractivity contribution in [3.63, 3.8) is 0 Å². The molecule has 1 saturated heterocycles. The molecular formula is C14H20N2O2S. The van der Waals surface area contributed by atoms with Crippen molar-refractivity contribution in [2.45, 2.75) is 25.4 Å². The van der Waals surface area contributed by atoms with Crippen molar-refractivity contribution in [1.82, 2.24) is 4.90 Å². The third kappa shape index (κ3) is 3.64. The van der Waals surface area contributed by atoms with Crippen molar-refractivity contribution in [2.24, 2.45) is 5.73 Å². The zero-order valence-corrected chi connectivity index (χ0v) is 11.9. The predicted octanol–water partition coefficient (Wildman–Crippen LogP) is 1.23. The van der Waals surface area contributed by atoms with Crippen LogP contribution in [0.15, 0.2) is 24.3 Å². The Morgan fingerprint density at radius 1 is 1.53 bits per heavy atom. The molecule has 1 aromatic rings. The molecule has 3 N–H and O–H groups in total. The van der Waals surface area contributed by atoms with Gasteiger partial charge in [-0.3, -0.25) is 4.79 Å². The van der Waals surface area contributed by atoms with Crippen LogP contribution in [0.2, 0.25) is 0 Å². The van der Waals surface area contributed by atoms with Crippen LogP contribution in [-0.4, -0.2) is 46.0 Å². The lowest BCUT2D eigenvalue weighted by Gasteiger charge is -2.34. The highest BCUT2D eigenvalue weighted by Gasteiger charge is 2.27. The molecule has 1 aliphatic rings. The minimum atomic E-state index is -0.505. The van der Waals surface area contributed by atoms with Gasteiger partial charge in [-0.25, -0.2) is 0 Å². The van der Waals surface area contributed by atoms with Gasteiger partial charge in [0.05, 0.1) is 6.04 Å². The lowest BCUT2D eigenvalue weighted by Crippen LogP contribution is -2.51. The Morgan fingerprint density at radius 2 is 2.21 bits per heavy atom. The topological polar surface area (TPSA) is 66.6 Å². The van der Waals surface area contributed by atoms with Gasteiger partial charge in [-0.05, 0) is 31.0 Å². The second-order valence-electron chi connectivity index (χ2n) is 4.93. The van der Waals surface area contributed by atoms with Crippen LogP contribution < -0.4 is 5.73 Å². The average Bonchev–Trinajstić information content (AvgIpc) is 2.41. The number of phenols is 1. The Bertz CT molecular complexity index is 436. The van der Waals surface area contributed by atoms with E-state index in [1.165, 1.54) is 0 Å². The number of phenolic OH excluding ortho intramolecular Hbond substituents is 1. The number of hydrogen-bond acceptors (Lipinski definition) is 4. The molecule has 104 valence electrons. The first kappa shape index (κ1) is 14.2. The molecule has 2 rings (SSSR count). The Labute approximate surface area is 118 Å². The van der Waals surface area contributed by atoms with Gasteiger partial charge in [0, 0.05) is 24.1 Å². The summed E-state index contributed by atoms with van der Waals surface area (Å²) in [6.45, 7) is 2.85. The molecule has 0 aliphatic carbocycles. The normalized spacial score (nSPS) is 21.2. The van der Waals surface area contributed by atoms with Crippen LogP contribution >= 0.6 is 11.8 Å². The van der Waals surface area contributed by atoms with Gasteiger partial charge in [0.1, 0.15) is 5.75 Å². The fourth-order valence-corrected chi connectivity index (χ4v) is 3.25. The monoisotopic (exact) mass is 280 g/mol. The van der Waals surface area contributed by atoms with Crippen molar-refractivity contribution in [3.05, 3.63) is 29.8 Å². The van der Waals surface area contributed by atoms with Gasteiger partial charge in [0.2, 0.25) is 5.91 Å². The average molecular weight is 280 g/mol. The van der Waals surface area contributed by atoms with E-state index in [-0.39, 0.29) is 17.7 Å². The molecule has 1 aromatic carbocycles. The first-order valence-corrected chi connectivity index (χ1v) is 7.65. The van der Waals surface area contributed by atoms with E-state index in [4.69, 9.17) is 5.73 Å². The zero-order chi connectivity index (χ0) is 13.8. The number of benzene rings is 1. The van der Waals surface area contributed by atoms with Crippen LogP contribution in [0, 0.1) is 0 Å². The fraction of sp³-hybridized carbons (Fsp3) is 0.500. The minimum Gasteiger partial charge on any atom is -0.508 e. The predicted molar refractivity (Wildman–Crippen MR) is 78.3 cm³/mol. The van der Waals surface area contributed by atoms with Gasteiger partial charge in [-0.15, -0.1) is 0 Å². The summed E-state index contributed by atoms with van der Waals surface area (Å²) in [6.07, 6.45) is 0.509.